The number of aromatic nitrogens is 5. The van der Waals surface area contributed by atoms with Crippen LogP contribution in [0.3, 0.4) is 0 Å². The molecule has 5 aromatic rings. The number of nitrogens with zero attached hydrogens (tertiary/aromatic N) is 5. The number of sulfonamides is 1. The molecule has 2 aliphatic carbocycles. The highest BCUT2D eigenvalue weighted by Crippen LogP contribution is 2.55. The lowest BCUT2D eigenvalue weighted by atomic mass is 9.93. The third-order valence-electron chi connectivity index (χ3n) is 11.5. The number of anilines is 1. The zero-order valence-electron chi connectivity index (χ0n) is 35.3. The second-order valence-corrected chi connectivity index (χ2v) is 21.8. The number of fused-ring (bicyclic) bond motifs is 2. The van der Waals surface area contributed by atoms with Gasteiger partial charge in [-0.25, -0.2) is 39.4 Å². The van der Waals surface area contributed by atoms with Gasteiger partial charge in [-0.05, 0) is 80.8 Å². The molecule has 0 spiro atoms. The molecule has 0 saturated heterocycles. The molecule has 12 nitrogen and oxygen atoms in total. The summed E-state index contributed by atoms with van der Waals surface area (Å²) in [6.07, 6.45) is -7.23. The number of carbonyl (C=O) groups is 1. The number of hydrogen-bond acceptors (Lipinski definition) is 8. The van der Waals surface area contributed by atoms with Gasteiger partial charge >= 0.3 is 6.18 Å². The highest BCUT2D eigenvalue weighted by molar-refractivity contribution is 7.93. The minimum atomic E-state index is -5.20. The van der Waals surface area contributed by atoms with Crippen LogP contribution in [0.2, 0.25) is 5.02 Å². The van der Waals surface area contributed by atoms with E-state index in [2.05, 4.69) is 37.1 Å². The van der Waals surface area contributed by atoms with Crippen LogP contribution in [0.1, 0.15) is 86.4 Å². The van der Waals surface area contributed by atoms with Crippen LogP contribution in [0.5, 0.6) is 0 Å². The zero-order valence-corrected chi connectivity index (χ0v) is 37.7. The van der Waals surface area contributed by atoms with E-state index in [9.17, 15) is 52.4 Å². The number of halogens is 10. The molecular formula is C42H39ClF9N7O5S2. The highest BCUT2D eigenvalue weighted by atomic mass is 35.5. The van der Waals surface area contributed by atoms with Crippen molar-refractivity contribution >= 4 is 54.1 Å². The van der Waals surface area contributed by atoms with Gasteiger partial charge in [0.05, 0.1) is 39.2 Å². The molecule has 7 rings (SSSR count). The molecule has 2 N–H and O–H groups in total. The van der Waals surface area contributed by atoms with E-state index in [0.29, 0.717) is 18.9 Å². The van der Waals surface area contributed by atoms with Gasteiger partial charge in [-0.2, -0.15) is 32.1 Å². The van der Waals surface area contributed by atoms with Gasteiger partial charge < -0.3 is 5.32 Å². The summed E-state index contributed by atoms with van der Waals surface area (Å²) in [7, 11) is -7.89. The zero-order chi connectivity index (χ0) is 48.6. The molecule has 354 valence electrons. The van der Waals surface area contributed by atoms with Gasteiger partial charge in [0.1, 0.15) is 40.9 Å². The summed E-state index contributed by atoms with van der Waals surface area (Å²) >= 11 is 6.55. The molecule has 1 saturated carbocycles. The van der Waals surface area contributed by atoms with Crippen LogP contribution in [-0.4, -0.2) is 70.0 Å². The molecule has 0 bridgehead atoms. The molecule has 0 aliphatic heterocycles. The normalized spacial score (nSPS) is 18.0. The number of carbonyl (C=O) groups excluding carboxylic acids is 1. The first-order chi connectivity index (χ1) is 30.5. The van der Waals surface area contributed by atoms with Crippen molar-refractivity contribution in [3.63, 3.8) is 0 Å². The number of rotatable bonds is 13. The molecule has 24 heteroatoms. The van der Waals surface area contributed by atoms with Gasteiger partial charge in [-0.15, -0.1) is 0 Å². The summed E-state index contributed by atoms with van der Waals surface area (Å²) in [5.41, 5.74) is -4.44. The first-order valence-electron chi connectivity index (χ1n) is 20.0. The maximum absolute atomic E-state index is 15.7. The van der Waals surface area contributed by atoms with Crippen LogP contribution in [0, 0.1) is 29.4 Å². The predicted molar refractivity (Wildman–Crippen MR) is 225 cm³/mol. The van der Waals surface area contributed by atoms with Crippen molar-refractivity contribution < 1.29 is 61.1 Å². The van der Waals surface area contributed by atoms with Crippen molar-refractivity contribution in [2.45, 2.75) is 101 Å². The summed E-state index contributed by atoms with van der Waals surface area (Å²) in [6.45, 7) is 2.62. The summed E-state index contributed by atoms with van der Waals surface area (Å²) in [6, 6.07) is 5.88. The molecule has 66 heavy (non-hydrogen) atoms. The number of nitrogens with one attached hydrogen (secondary N) is 2. The SMILES string of the molecule is C[C@@H]1c2c(C(F)(F)F)nn(CC(=O)N[C@@H](Cc3cc(F)cc(F)c3)c3nc(C#CC(C)(C)S(=O)(=O)C4CC4)ccc3-c3ccc(Cl)c4c(NS(C)(=O)=O)nn(CC(F)F)c34)c2C(F)(F)[C@@H]1C. The average molecular weight is 992 g/mol. The molecule has 3 atom stereocenters. The fourth-order valence-corrected chi connectivity index (χ4v) is 10.6. The highest BCUT2D eigenvalue weighted by Gasteiger charge is 2.57. The van der Waals surface area contributed by atoms with E-state index in [-0.39, 0.29) is 48.7 Å². The summed E-state index contributed by atoms with van der Waals surface area (Å²) in [4.78, 5) is 18.8. The van der Waals surface area contributed by atoms with Crippen molar-refractivity contribution in [2.75, 3.05) is 11.0 Å². The van der Waals surface area contributed by atoms with Crippen molar-refractivity contribution in [1.29, 1.82) is 0 Å². The Kier molecular flexibility index (Phi) is 12.6. The Labute approximate surface area is 377 Å². The minimum absolute atomic E-state index is 0.0465. The molecule has 1 amide bonds. The standard InChI is InChI=1S/C42H39ClF9N7O5S2/c1-20-21(2)41(48,49)38-33(20)37(42(50,51)52)55-59(38)19-32(60)54-30(16-22-14-23(44)17-24(45)15-22)35-27(9-6-25(53-35)12-13-40(3,4)66(63,64)26-7-8-26)28-10-11-29(43)34-36(28)58(18-31(46)47)56-39(34)57-65(5,61)62/h6,9-11,14-15,17,20-21,26,30-31H,7-8,16,18-19H2,1-5H3,(H,54,60)(H,56,57)/t20-,21+,30-/m0/s1. The topological polar surface area (TPSA) is 158 Å². The first kappa shape index (κ1) is 48.6. The molecule has 2 aromatic carbocycles. The minimum Gasteiger partial charge on any atom is -0.346 e. The number of benzene rings is 2. The monoisotopic (exact) mass is 991 g/mol. The number of amides is 1. The van der Waals surface area contributed by atoms with Crippen molar-refractivity contribution in [1.82, 2.24) is 29.9 Å². The number of sulfone groups is 1. The van der Waals surface area contributed by atoms with Crippen LogP contribution in [-0.2, 0) is 56.3 Å². The van der Waals surface area contributed by atoms with E-state index in [1.165, 1.54) is 45.0 Å². The van der Waals surface area contributed by atoms with Crippen LogP contribution in [0.4, 0.5) is 45.3 Å². The Bertz CT molecular complexity index is 3050. The molecule has 2 aliphatic rings. The van der Waals surface area contributed by atoms with Gasteiger partial charge in [0.2, 0.25) is 15.9 Å². The van der Waals surface area contributed by atoms with Crippen molar-refractivity contribution in [3.8, 4) is 23.0 Å². The molecule has 0 radical (unpaired) electrons. The molecule has 0 unspecified atom stereocenters. The van der Waals surface area contributed by atoms with Gasteiger partial charge in [0.15, 0.2) is 21.3 Å². The second-order valence-electron chi connectivity index (χ2n) is 16.8. The second kappa shape index (κ2) is 17.1. The first-order valence-corrected chi connectivity index (χ1v) is 23.8. The van der Waals surface area contributed by atoms with Crippen LogP contribution >= 0.6 is 11.6 Å². The quantitative estimate of drug-likeness (QED) is 0.0878. The predicted octanol–water partition coefficient (Wildman–Crippen LogP) is 8.53. The van der Waals surface area contributed by atoms with E-state index in [1.54, 1.807) is 0 Å². The summed E-state index contributed by atoms with van der Waals surface area (Å²) in [5.74, 6) is -5.26. The third kappa shape index (κ3) is 9.45. The van der Waals surface area contributed by atoms with E-state index in [0.717, 1.165) is 30.0 Å². The lowest BCUT2D eigenvalue weighted by Crippen LogP contribution is -2.35. The van der Waals surface area contributed by atoms with Crippen LogP contribution in [0.15, 0.2) is 42.5 Å². The Morgan fingerprint density at radius 2 is 1.61 bits per heavy atom. The van der Waals surface area contributed by atoms with Gasteiger partial charge in [0.25, 0.3) is 12.3 Å². The van der Waals surface area contributed by atoms with Crippen molar-refractivity contribution in [3.05, 3.63) is 93.0 Å². The Morgan fingerprint density at radius 1 is 0.970 bits per heavy atom. The lowest BCUT2D eigenvalue weighted by molar-refractivity contribution is -0.143. The lowest BCUT2D eigenvalue weighted by Gasteiger charge is -2.24. The Balaban J connectivity index is 1.45. The van der Waals surface area contributed by atoms with E-state index < -0.39 is 126 Å². The maximum atomic E-state index is 15.7. The fraction of sp³-hybridized carbons (Fsp3) is 0.429. The average Bonchev–Trinajstić information content (AvgIpc) is 3.86. The maximum Gasteiger partial charge on any atom is 0.435 e. The summed E-state index contributed by atoms with van der Waals surface area (Å²) < 4.78 is 185. The molecular weight excluding hydrogens is 953 g/mol. The fourth-order valence-electron chi connectivity index (χ4n) is 8.05. The van der Waals surface area contributed by atoms with Gasteiger partial charge in [0, 0.05) is 28.7 Å². The molecule has 1 fully saturated rings. The van der Waals surface area contributed by atoms with Crippen molar-refractivity contribution in [2.24, 2.45) is 5.92 Å². The van der Waals surface area contributed by atoms with Gasteiger partial charge in [-0.1, -0.05) is 37.4 Å². The van der Waals surface area contributed by atoms with E-state index in [4.69, 9.17) is 11.6 Å². The van der Waals surface area contributed by atoms with E-state index in [1.807, 2.05) is 0 Å². The third-order valence-corrected chi connectivity index (χ3v) is 15.2. The smallest absolute Gasteiger partial charge is 0.346 e. The van der Waals surface area contributed by atoms with Crippen LogP contribution in [0.25, 0.3) is 22.0 Å². The molecule has 3 heterocycles. The largest absolute Gasteiger partial charge is 0.435 e. The van der Waals surface area contributed by atoms with E-state index >= 15 is 8.78 Å². The summed E-state index contributed by atoms with van der Waals surface area (Å²) in [5, 5.41) is 9.03. The number of hydrogen-bond donors (Lipinski definition) is 2. The Hall–Kier alpha value is -5.34. The van der Waals surface area contributed by atoms with Crippen LogP contribution < -0.4 is 10.0 Å². The number of pyridine rings is 1. The molecule has 3 aromatic heterocycles. The number of alkyl halides is 7. The Morgan fingerprint density at radius 3 is 2.20 bits per heavy atom. The van der Waals surface area contributed by atoms with Gasteiger partial charge in [-0.3, -0.25) is 18.9 Å².